The number of rotatable bonds is 6. The number of amides is 1. The van der Waals surface area contributed by atoms with Crippen LogP contribution in [0.1, 0.15) is 5.56 Å². The van der Waals surface area contributed by atoms with Gasteiger partial charge < -0.3 is 10.1 Å². The predicted octanol–water partition coefficient (Wildman–Crippen LogP) is 1.61. The van der Waals surface area contributed by atoms with E-state index >= 15 is 0 Å². The van der Waals surface area contributed by atoms with Gasteiger partial charge in [0.05, 0.1) is 6.61 Å². The van der Waals surface area contributed by atoms with Gasteiger partial charge in [0, 0.05) is 25.9 Å². The quantitative estimate of drug-likeness (QED) is 0.651. The van der Waals surface area contributed by atoms with Crippen LogP contribution in [0.3, 0.4) is 0 Å². The molecular formula is C17H18N2O3. The zero-order chi connectivity index (χ0) is 15.8. The number of benzene rings is 1. The minimum atomic E-state index is -0.325. The SMILES string of the molecule is COCCNC(=O)/C(=C\c1ccccc1)n1ccccc1=O. The first-order valence-corrected chi connectivity index (χ1v) is 6.94. The molecule has 0 aliphatic rings. The summed E-state index contributed by atoms with van der Waals surface area (Å²) in [5, 5.41) is 2.74. The average molecular weight is 298 g/mol. The number of hydrogen-bond acceptors (Lipinski definition) is 3. The summed E-state index contributed by atoms with van der Waals surface area (Å²) in [4.78, 5) is 24.4. The Morgan fingerprint density at radius 2 is 1.91 bits per heavy atom. The lowest BCUT2D eigenvalue weighted by Crippen LogP contribution is -2.32. The number of hydrogen-bond donors (Lipinski definition) is 1. The number of carbonyl (C=O) groups is 1. The van der Waals surface area contributed by atoms with E-state index in [9.17, 15) is 9.59 Å². The van der Waals surface area contributed by atoms with E-state index in [0.717, 1.165) is 5.56 Å². The van der Waals surface area contributed by atoms with E-state index in [1.54, 1.807) is 31.5 Å². The van der Waals surface area contributed by atoms with Gasteiger partial charge in [-0.05, 0) is 17.7 Å². The molecule has 2 aromatic rings. The van der Waals surface area contributed by atoms with E-state index < -0.39 is 0 Å². The monoisotopic (exact) mass is 298 g/mol. The fourth-order valence-corrected chi connectivity index (χ4v) is 1.94. The molecule has 114 valence electrons. The number of aromatic nitrogens is 1. The fourth-order valence-electron chi connectivity index (χ4n) is 1.94. The molecule has 0 spiro atoms. The molecule has 0 radical (unpaired) electrons. The van der Waals surface area contributed by atoms with Crippen molar-refractivity contribution < 1.29 is 9.53 Å². The van der Waals surface area contributed by atoms with Crippen LogP contribution in [0, 0.1) is 0 Å². The maximum Gasteiger partial charge on any atom is 0.268 e. The van der Waals surface area contributed by atoms with E-state index in [0.29, 0.717) is 13.2 Å². The maximum absolute atomic E-state index is 12.4. The highest BCUT2D eigenvalue weighted by molar-refractivity contribution is 6.18. The summed E-state index contributed by atoms with van der Waals surface area (Å²) < 4.78 is 6.25. The van der Waals surface area contributed by atoms with Crippen LogP contribution in [0.4, 0.5) is 0 Å². The van der Waals surface area contributed by atoms with Gasteiger partial charge in [-0.3, -0.25) is 14.2 Å². The van der Waals surface area contributed by atoms with Gasteiger partial charge in [-0.25, -0.2) is 0 Å². The molecule has 0 atom stereocenters. The van der Waals surface area contributed by atoms with E-state index in [4.69, 9.17) is 4.74 Å². The Balaban J connectivity index is 2.37. The normalized spacial score (nSPS) is 11.2. The van der Waals surface area contributed by atoms with Crippen molar-refractivity contribution in [2.45, 2.75) is 0 Å². The minimum absolute atomic E-state index is 0.258. The zero-order valence-corrected chi connectivity index (χ0v) is 12.4. The van der Waals surface area contributed by atoms with Crippen molar-refractivity contribution in [3.8, 4) is 0 Å². The Morgan fingerprint density at radius 3 is 2.59 bits per heavy atom. The largest absolute Gasteiger partial charge is 0.383 e. The van der Waals surface area contributed by atoms with Crippen molar-refractivity contribution in [2.24, 2.45) is 0 Å². The number of methoxy groups -OCH3 is 1. The highest BCUT2D eigenvalue weighted by Crippen LogP contribution is 2.10. The second-order valence-electron chi connectivity index (χ2n) is 4.60. The van der Waals surface area contributed by atoms with Gasteiger partial charge in [-0.2, -0.15) is 0 Å². The molecule has 2 rings (SSSR count). The molecule has 0 aliphatic carbocycles. The Labute approximate surface area is 128 Å². The third-order valence-corrected chi connectivity index (χ3v) is 3.01. The molecule has 22 heavy (non-hydrogen) atoms. The van der Waals surface area contributed by atoms with Gasteiger partial charge >= 0.3 is 0 Å². The molecule has 1 aromatic heterocycles. The number of pyridine rings is 1. The van der Waals surface area contributed by atoms with Crippen LogP contribution in [-0.2, 0) is 9.53 Å². The van der Waals surface area contributed by atoms with Crippen LogP contribution in [0.5, 0.6) is 0 Å². The second-order valence-corrected chi connectivity index (χ2v) is 4.60. The summed E-state index contributed by atoms with van der Waals surface area (Å²) >= 11 is 0. The first-order valence-electron chi connectivity index (χ1n) is 6.94. The number of carbonyl (C=O) groups excluding carboxylic acids is 1. The van der Waals surface area contributed by atoms with Gasteiger partial charge in [0.1, 0.15) is 5.70 Å². The first-order chi connectivity index (χ1) is 10.7. The molecule has 0 fully saturated rings. The molecule has 1 aromatic carbocycles. The number of nitrogens with one attached hydrogen (secondary N) is 1. The fraction of sp³-hybridized carbons (Fsp3) is 0.176. The van der Waals surface area contributed by atoms with Gasteiger partial charge in [0.2, 0.25) is 0 Å². The van der Waals surface area contributed by atoms with Crippen molar-refractivity contribution in [3.05, 3.63) is 70.6 Å². The second kappa shape index (κ2) is 7.95. The standard InChI is InChI=1S/C17H18N2O3/c1-22-12-10-18-17(21)15(13-14-7-3-2-4-8-14)19-11-6-5-9-16(19)20/h2-9,11,13H,10,12H2,1H3,(H,18,21)/b15-13+. The van der Waals surface area contributed by atoms with E-state index in [1.807, 2.05) is 30.3 Å². The molecule has 0 unspecified atom stereocenters. The van der Waals surface area contributed by atoms with Crippen molar-refractivity contribution in [1.29, 1.82) is 0 Å². The highest BCUT2D eigenvalue weighted by atomic mass is 16.5. The minimum Gasteiger partial charge on any atom is -0.383 e. The lowest BCUT2D eigenvalue weighted by atomic mass is 10.2. The molecule has 1 heterocycles. The smallest absolute Gasteiger partial charge is 0.268 e. The van der Waals surface area contributed by atoms with Gasteiger partial charge in [0.25, 0.3) is 11.5 Å². The highest BCUT2D eigenvalue weighted by Gasteiger charge is 2.12. The Kier molecular flexibility index (Phi) is 5.68. The van der Waals surface area contributed by atoms with Crippen molar-refractivity contribution >= 4 is 17.7 Å². The number of ether oxygens (including phenoxy) is 1. The van der Waals surface area contributed by atoms with Crippen molar-refractivity contribution in [2.75, 3.05) is 20.3 Å². The van der Waals surface area contributed by atoms with Crippen LogP contribution in [-0.4, -0.2) is 30.7 Å². The molecule has 1 N–H and O–H groups in total. The summed E-state index contributed by atoms with van der Waals surface area (Å²) in [5.41, 5.74) is 0.856. The van der Waals surface area contributed by atoms with Gasteiger partial charge in [-0.1, -0.05) is 36.4 Å². The molecule has 5 heteroatoms. The molecule has 5 nitrogen and oxygen atoms in total. The lowest BCUT2D eigenvalue weighted by molar-refractivity contribution is -0.116. The van der Waals surface area contributed by atoms with Crippen LogP contribution in [0.15, 0.2) is 59.5 Å². The zero-order valence-electron chi connectivity index (χ0n) is 12.4. The third kappa shape index (κ3) is 4.17. The Hall–Kier alpha value is -2.66. The number of nitrogens with zero attached hydrogens (tertiary/aromatic N) is 1. The molecular weight excluding hydrogens is 280 g/mol. The summed E-state index contributed by atoms with van der Waals surface area (Å²) in [7, 11) is 1.56. The first kappa shape index (κ1) is 15.7. The molecule has 0 aliphatic heterocycles. The van der Waals surface area contributed by atoms with Crippen LogP contribution in [0.2, 0.25) is 0 Å². The summed E-state index contributed by atoms with van der Waals surface area (Å²) in [6.07, 6.45) is 3.26. The predicted molar refractivity (Wildman–Crippen MR) is 86.2 cm³/mol. The summed E-state index contributed by atoms with van der Waals surface area (Å²) in [6.45, 7) is 0.789. The summed E-state index contributed by atoms with van der Waals surface area (Å²) in [6, 6.07) is 14.2. The van der Waals surface area contributed by atoms with Crippen LogP contribution >= 0.6 is 0 Å². The molecule has 0 bridgehead atoms. The van der Waals surface area contributed by atoms with Crippen LogP contribution in [0.25, 0.3) is 11.8 Å². The van der Waals surface area contributed by atoms with Crippen molar-refractivity contribution in [1.82, 2.24) is 9.88 Å². The van der Waals surface area contributed by atoms with E-state index in [1.165, 1.54) is 10.6 Å². The molecule has 0 saturated carbocycles. The van der Waals surface area contributed by atoms with Crippen LogP contribution < -0.4 is 10.9 Å². The lowest BCUT2D eigenvalue weighted by Gasteiger charge is -2.11. The van der Waals surface area contributed by atoms with Gasteiger partial charge in [-0.15, -0.1) is 0 Å². The van der Waals surface area contributed by atoms with Crippen molar-refractivity contribution in [3.63, 3.8) is 0 Å². The summed E-state index contributed by atoms with van der Waals surface area (Å²) in [5.74, 6) is -0.325. The van der Waals surface area contributed by atoms with E-state index in [-0.39, 0.29) is 17.2 Å². The third-order valence-electron chi connectivity index (χ3n) is 3.01. The topological polar surface area (TPSA) is 60.3 Å². The van der Waals surface area contributed by atoms with Gasteiger partial charge in [0.15, 0.2) is 0 Å². The maximum atomic E-state index is 12.4. The Bertz CT molecular complexity index is 705. The Morgan fingerprint density at radius 1 is 1.18 bits per heavy atom. The molecule has 0 saturated heterocycles. The van der Waals surface area contributed by atoms with E-state index in [2.05, 4.69) is 5.32 Å². The molecule has 1 amide bonds. The average Bonchev–Trinajstić information content (AvgIpc) is 2.54.